The second-order valence-electron chi connectivity index (χ2n) is 14.0. The van der Waals surface area contributed by atoms with E-state index in [-0.39, 0.29) is 14.2 Å². The van der Waals surface area contributed by atoms with Gasteiger partial charge in [-0.2, -0.15) is 0 Å². The fourth-order valence-corrected chi connectivity index (χ4v) is 6.92. The van der Waals surface area contributed by atoms with Crippen LogP contribution in [0.2, 0.25) is 0 Å². The molecule has 0 bridgehead atoms. The molecule has 0 aliphatic heterocycles. The van der Waals surface area contributed by atoms with Crippen molar-refractivity contribution < 1.29 is 4.39 Å². The van der Waals surface area contributed by atoms with E-state index in [0.29, 0.717) is 0 Å². The lowest BCUT2D eigenvalue weighted by atomic mass is 9.89. The van der Waals surface area contributed by atoms with Crippen LogP contribution in [0.15, 0.2) is 12.1 Å². The molecular weight excluding hydrogens is 534 g/mol. The average molecular weight is 612 g/mol. The Morgan fingerprint density at radius 2 is 0.568 bits per heavy atom. The quantitative estimate of drug-likeness (QED) is 0.0548. The summed E-state index contributed by atoms with van der Waals surface area (Å²) < 4.78 is 14.9. The fourth-order valence-electron chi connectivity index (χ4n) is 6.92. The van der Waals surface area contributed by atoms with Gasteiger partial charge in [0.25, 0.3) is 0 Å². The molecule has 0 aliphatic rings. The first kappa shape index (κ1) is 43.2. The number of benzene rings is 1. The Kier molecular flexibility index (Phi) is 33.0. The maximum absolute atomic E-state index is 14.9. The van der Waals surface area contributed by atoms with Crippen LogP contribution in [-0.4, -0.2) is 8.41 Å². The first-order chi connectivity index (χ1) is 21.2. The van der Waals surface area contributed by atoms with Crippen molar-refractivity contribution in [2.75, 3.05) is 0 Å². The minimum atomic E-state index is 0. The van der Waals surface area contributed by atoms with Gasteiger partial charge in [0.15, 0.2) is 0 Å². The van der Waals surface area contributed by atoms with Crippen molar-refractivity contribution in [3.05, 3.63) is 34.6 Å². The number of rotatable bonds is 33. The SMILES string of the molecule is CCCCCCCCCCCCc1cc(F)cc(CCCCCCCCCCCC)c1CCCCCCCCCCCC.[B]. The van der Waals surface area contributed by atoms with Crippen LogP contribution in [0.1, 0.15) is 230 Å². The Labute approximate surface area is 279 Å². The predicted molar refractivity (Wildman–Crippen MR) is 199 cm³/mol. The molecule has 0 saturated heterocycles. The normalized spacial score (nSPS) is 11.3. The summed E-state index contributed by atoms with van der Waals surface area (Å²) in [5.41, 5.74) is 4.22. The summed E-state index contributed by atoms with van der Waals surface area (Å²) >= 11 is 0. The van der Waals surface area contributed by atoms with E-state index < -0.39 is 0 Å². The van der Waals surface area contributed by atoms with Crippen molar-refractivity contribution in [1.29, 1.82) is 0 Å². The summed E-state index contributed by atoms with van der Waals surface area (Å²) in [6.07, 6.45) is 44.4. The van der Waals surface area contributed by atoms with Crippen molar-refractivity contribution in [1.82, 2.24) is 0 Å². The fraction of sp³-hybridized carbons (Fsp3) is 0.857. The third-order valence-electron chi connectivity index (χ3n) is 9.78. The Balaban J connectivity index is 0.0000185. The minimum absolute atomic E-state index is 0. The highest BCUT2D eigenvalue weighted by Gasteiger charge is 2.12. The monoisotopic (exact) mass is 612 g/mol. The molecule has 44 heavy (non-hydrogen) atoms. The largest absolute Gasteiger partial charge is 0.207 e. The number of aryl methyl sites for hydroxylation is 2. The van der Waals surface area contributed by atoms with E-state index in [1.807, 2.05) is 12.1 Å². The number of hydrogen-bond donors (Lipinski definition) is 0. The third kappa shape index (κ3) is 25.4. The summed E-state index contributed by atoms with van der Waals surface area (Å²) in [5.74, 6) is 0.0102. The second kappa shape index (κ2) is 33.6. The van der Waals surface area contributed by atoms with Crippen LogP contribution < -0.4 is 0 Å². The van der Waals surface area contributed by atoms with Gasteiger partial charge in [0.2, 0.25) is 0 Å². The molecule has 0 unspecified atom stereocenters. The molecule has 1 aromatic carbocycles. The molecule has 0 saturated carbocycles. The molecule has 0 atom stereocenters. The summed E-state index contributed by atoms with van der Waals surface area (Å²) in [6, 6.07) is 3.81. The van der Waals surface area contributed by atoms with Crippen LogP contribution in [-0.2, 0) is 19.3 Å². The van der Waals surface area contributed by atoms with E-state index in [0.717, 1.165) is 19.3 Å². The third-order valence-corrected chi connectivity index (χ3v) is 9.78. The molecule has 0 N–H and O–H groups in total. The zero-order chi connectivity index (χ0) is 31.1. The van der Waals surface area contributed by atoms with Crippen LogP contribution in [0.4, 0.5) is 4.39 Å². The maximum Gasteiger partial charge on any atom is 0.123 e. The molecule has 1 aromatic rings. The highest BCUT2D eigenvalue weighted by molar-refractivity contribution is 5.75. The number of hydrogen-bond acceptors (Lipinski definition) is 0. The molecule has 0 fully saturated rings. The predicted octanol–water partition coefficient (Wildman–Crippen LogP) is 14.8. The van der Waals surface area contributed by atoms with Crippen LogP contribution in [0.25, 0.3) is 0 Å². The van der Waals surface area contributed by atoms with E-state index in [1.165, 1.54) is 209 Å². The van der Waals surface area contributed by atoms with Crippen molar-refractivity contribution in [2.24, 2.45) is 0 Å². The average Bonchev–Trinajstić information content (AvgIpc) is 3.00. The first-order valence-corrected chi connectivity index (χ1v) is 20.0. The van der Waals surface area contributed by atoms with Gasteiger partial charge in [-0.25, -0.2) is 4.39 Å². The van der Waals surface area contributed by atoms with Crippen LogP contribution in [0.5, 0.6) is 0 Å². The van der Waals surface area contributed by atoms with E-state index in [4.69, 9.17) is 0 Å². The molecule has 3 radical (unpaired) electrons. The van der Waals surface area contributed by atoms with E-state index in [9.17, 15) is 4.39 Å². The van der Waals surface area contributed by atoms with Crippen molar-refractivity contribution in [3.63, 3.8) is 0 Å². The Bertz CT molecular complexity index is 669. The topological polar surface area (TPSA) is 0 Å². The van der Waals surface area contributed by atoms with E-state index >= 15 is 0 Å². The summed E-state index contributed by atoms with van der Waals surface area (Å²) in [7, 11) is 0. The van der Waals surface area contributed by atoms with Crippen LogP contribution >= 0.6 is 0 Å². The molecule has 0 amide bonds. The lowest BCUT2D eigenvalue weighted by Gasteiger charge is -2.16. The van der Waals surface area contributed by atoms with Gasteiger partial charge in [-0.05, 0) is 67.3 Å². The zero-order valence-electron chi connectivity index (χ0n) is 30.4. The molecular formula is C42H77BF. The number of unbranched alkanes of at least 4 members (excludes halogenated alkanes) is 27. The Hall–Kier alpha value is -0.785. The highest BCUT2D eigenvalue weighted by Crippen LogP contribution is 2.25. The molecule has 0 nitrogen and oxygen atoms in total. The van der Waals surface area contributed by atoms with Gasteiger partial charge in [0.1, 0.15) is 5.82 Å². The van der Waals surface area contributed by atoms with Gasteiger partial charge >= 0.3 is 0 Å². The molecule has 0 spiro atoms. The number of halogens is 1. The molecule has 2 heteroatoms. The van der Waals surface area contributed by atoms with Crippen molar-refractivity contribution in [2.45, 2.75) is 233 Å². The van der Waals surface area contributed by atoms with E-state index in [2.05, 4.69) is 20.8 Å². The summed E-state index contributed by atoms with van der Waals surface area (Å²) in [6.45, 7) is 6.89. The Morgan fingerprint density at radius 1 is 0.341 bits per heavy atom. The standard InChI is InChI=1S/C42H77F.B/c1-4-7-10-13-16-19-22-25-28-31-34-39-37-41(43)38-40(35-32-29-26-23-20-17-14-11-8-5-2)42(39)36-33-30-27-24-21-18-15-12-9-6-3;/h37-38H,4-36H2,1-3H3;. The summed E-state index contributed by atoms with van der Waals surface area (Å²) in [5, 5.41) is 0. The van der Waals surface area contributed by atoms with Crippen molar-refractivity contribution >= 4 is 8.41 Å². The molecule has 0 aliphatic carbocycles. The molecule has 0 heterocycles. The molecule has 0 aromatic heterocycles. The summed E-state index contributed by atoms with van der Waals surface area (Å²) in [4.78, 5) is 0. The second-order valence-corrected chi connectivity index (χ2v) is 14.0. The van der Waals surface area contributed by atoms with Gasteiger partial charge in [0, 0.05) is 8.41 Å². The van der Waals surface area contributed by atoms with Crippen LogP contribution in [0.3, 0.4) is 0 Å². The van der Waals surface area contributed by atoms with Gasteiger partial charge in [0.05, 0.1) is 0 Å². The highest BCUT2D eigenvalue weighted by atomic mass is 19.1. The zero-order valence-corrected chi connectivity index (χ0v) is 30.4. The van der Waals surface area contributed by atoms with Crippen molar-refractivity contribution in [3.8, 4) is 0 Å². The maximum atomic E-state index is 14.9. The lowest BCUT2D eigenvalue weighted by Crippen LogP contribution is -2.04. The van der Waals surface area contributed by atoms with Gasteiger partial charge in [-0.1, -0.05) is 194 Å². The minimum Gasteiger partial charge on any atom is -0.207 e. The van der Waals surface area contributed by atoms with Gasteiger partial charge in [-0.3, -0.25) is 0 Å². The van der Waals surface area contributed by atoms with E-state index in [1.54, 1.807) is 0 Å². The molecule has 255 valence electrons. The van der Waals surface area contributed by atoms with Gasteiger partial charge < -0.3 is 0 Å². The van der Waals surface area contributed by atoms with Gasteiger partial charge in [-0.15, -0.1) is 0 Å². The Morgan fingerprint density at radius 3 is 0.841 bits per heavy atom. The molecule has 1 rings (SSSR count). The first-order valence-electron chi connectivity index (χ1n) is 20.0. The van der Waals surface area contributed by atoms with Crippen LogP contribution in [0, 0.1) is 5.82 Å². The lowest BCUT2D eigenvalue weighted by molar-refractivity contribution is 0.549. The smallest absolute Gasteiger partial charge is 0.123 e.